The minimum Gasteiger partial charge on any atom is -0.394 e. The van der Waals surface area contributed by atoms with Gasteiger partial charge in [0.05, 0.1) is 12.7 Å². The van der Waals surface area contributed by atoms with Crippen molar-refractivity contribution >= 4 is 17.2 Å². The fourth-order valence-electron chi connectivity index (χ4n) is 2.71. The van der Waals surface area contributed by atoms with Crippen molar-refractivity contribution in [1.82, 2.24) is 9.88 Å². The molecule has 2 heterocycles. The van der Waals surface area contributed by atoms with Gasteiger partial charge in [-0.25, -0.2) is 4.98 Å². The van der Waals surface area contributed by atoms with Crippen LogP contribution in [0.15, 0.2) is 35.7 Å². The molecule has 1 aliphatic rings. The number of nitrogens with zero attached hydrogens (tertiary/aromatic N) is 2. The van der Waals surface area contributed by atoms with Gasteiger partial charge in [-0.05, 0) is 5.56 Å². The van der Waals surface area contributed by atoms with E-state index < -0.39 is 12.2 Å². The van der Waals surface area contributed by atoms with Crippen molar-refractivity contribution in [3.05, 3.63) is 52.0 Å². The fourth-order valence-corrected chi connectivity index (χ4v) is 3.55. The van der Waals surface area contributed by atoms with Gasteiger partial charge in [0.15, 0.2) is 0 Å². The molecule has 1 amide bonds. The molecule has 0 bridgehead atoms. The van der Waals surface area contributed by atoms with Crippen LogP contribution in [0.4, 0.5) is 0 Å². The molecule has 1 aliphatic heterocycles. The van der Waals surface area contributed by atoms with Gasteiger partial charge >= 0.3 is 0 Å². The van der Waals surface area contributed by atoms with Crippen LogP contribution in [0, 0.1) is 0 Å². The molecule has 2 N–H and O–H groups in total. The minimum absolute atomic E-state index is 0.154. The fraction of sp³-hybridized carbons (Fsp3) is 0.412. The molecule has 128 valence electrons. The molecule has 0 spiro atoms. The van der Waals surface area contributed by atoms with Crippen molar-refractivity contribution in [3.63, 3.8) is 0 Å². The van der Waals surface area contributed by atoms with Gasteiger partial charge < -0.3 is 19.8 Å². The first kappa shape index (κ1) is 17.0. The zero-order valence-corrected chi connectivity index (χ0v) is 14.1. The molecule has 1 saturated heterocycles. The van der Waals surface area contributed by atoms with E-state index in [0.717, 1.165) is 5.56 Å². The Hall–Kier alpha value is -1.80. The monoisotopic (exact) mass is 348 g/mol. The van der Waals surface area contributed by atoms with Crippen LogP contribution < -0.4 is 0 Å². The second kappa shape index (κ2) is 7.40. The lowest BCUT2D eigenvalue weighted by molar-refractivity contribution is -0.0226. The topological polar surface area (TPSA) is 82.9 Å². The zero-order chi connectivity index (χ0) is 17.1. The predicted octanol–water partition coefficient (Wildman–Crippen LogP) is 1.60. The lowest BCUT2D eigenvalue weighted by atomic mass is 10.1. The first-order chi connectivity index (χ1) is 11.6. The Balaban J connectivity index is 1.65. The Morgan fingerprint density at radius 3 is 2.83 bits per heavy atom. The van der Waals surface area contributed by atoms with E-state index in [1.165, 1.54) is 11.3 Å². The number of rotatable bonds is 5. The van der Waals surface area contributed by atoms with E-state index in [4.69, 9.17) is 9.84 Å². The third-order valence-corrected chi connectivity index (χ3v) is 4.97. The standard InChI is InChI=1S/C17H20N2O4S/c1-19(8-11-5-3-2-4-6-11)17(22)12-10-24-16(18-12)14-7-13(21)15(9-20)23-14/h2-6,10,13-15,20-21H,7-9H2,1H3/t13-,14-,15+/m0/s1. The summed E-state index contributed by atoms with van der Waals surface area (Å²) >= 11 is 1.34. The highest BCUT2D eigenvalue weighted by Crippen LogP contribution is 2.34. The molecule has 1 aromatic carbocycles. The van der Waals surface area contributed by atoms with E-state index in [1.807, 2.05) is 30.3 Å². The molecule has 24 heavy (non-hydrogen) atoms. The van der Waals surface area contributed by atoms with Gasteiger partial charge in [-0.2, -0.15) is 0 Å². The normalized spacial score (nSPS) is 23.4. The minimum atomic E-state index is -0.705. The number of carbonyl (C=O) groups excluding carboxylic acids is 1. The van der Waals surface area contributed by atoms with Crippen molar-refractivity contribution in [2.45, 2.75) is 31.3 Å². The average molecular weight is 348 g/mol. The van der Waals surface area contributed by atoms with Crippen LogP contribution in [-0.4, -0.2) is 51.9 Å². The van der Waals surface area contributed by atoms with Gasteiger partial charge in [0.25, 0.3) is 5.91 Å². The SMILES string of the molecule is CN(Cc1ccccc1)C(=O)c1csc([C@@H]2C[C@H](O)[C@@H](CO)O2)n1. The third-order valence-electron chi connectivity index (χ3n) is 4.03. The molecule has 0 saturated carbocycles. The van der Waals surface area contributed by atoms with Gasteiger partial charge in [-0.15, -0.1) is 11.3 Å². The largest absolute Gasteiger partial charge is 0.394 e. The van der Waals surface area contributed by atoms with Crippen LogP contribution in [0.25, 0.3) is 0 Å². The first-order valence-electron chi connectivity index (χ1n) is 7.77. The molecular formula is C17H20N2O4S. The number of carbonyl (C=O) groups is 1. The Bertz CT molecular complexity index is 691. The molecule has 3 atom stereocenters. The number of thiazole rings is 1. The van der Waals surface area contributed by atoms with Crippen LogP contribution in [0.5, 0.6) is 0 Å². The number of aromatic nitrogens is 1. The van der Waals surface area contributed by atoms with Crippen LogP contribution in [0.2, 0.25) is 0 Å². The molecule has 6 nitrogen and oxygen atoms in total. The van der Waals surface area contributed by atoms with Gasteiger partial charge in [0, 0.05) is 25.4 Å². The molecule has 1 fully saturated rings. The Morgan fingerprint density at radius 2 is 2.17 bits per heavy atom. The van der Waals surface area contributed by atoms with E-state index in [0.29, 0.717) is 23.7 Å². The Labute approximate surface area is 144 Å². The summed E-state index contributed by atoms with van der Waals surface area (Å²) in [5.41, 5.74) is 1.43. The molecule has 0 radical (unpaired) electrons. The lowest BCUT2D eigenvalue weighted by Gasteiger charge is -2.16. The van der Waals surface area contributed by atoms with Crippen LogP contribution in [-0.2, 0) is 11.3 Å². The Kier molecular flexibility index (Phi) is 5.25. The molecule has 0 aliphatic carbocycles. The zero-order valence-electron chi connectivity index (χ0n) is 13.3. The summed E-state index contributed by atoms with van der Waals surface area (Å²) in [6.07, 6.45) is -1.28. The highest BCUT2D eigenvalue weighted by Gasteiger charge is 2.36. The Morgan fingerprint density at radius 1 is 1.42 bits per heavy atom. The maximum atomic E-state index is 12.5. The van der Waals surface area contributed by atoms with Gasteiger partial charge in [0.2, 0.25) is 0 Å². The molecule has 3 rings (SSSR count). The number of amides is 1. The van der Waals surface area contributed by atoms with E-state index >= 15 is 0 Å². The molecule has 1 aromatic heterocycles. The number of hydrogen-bond acceptors (Lipinski definition) is 6. The van der Waals surface area contributed by atoms with Crippen molar-refractivity contribution < 1.29 is 19.7 Å². The quantitative estimate of drug-likeness (QED) is 0.858. The van der Waals surface area contributed by atoms with Gasteiger partial charge in [-0.3, -0.25) is 4.79 Å². The van der Waals surface area contributed by atoms with Crippen LogP contribution in [0.3, 0.4) is 0 Å². The lowest BCUT2D eigenvalue weighted by Crippen LogP contribution is -2.26. The highest BCUT2D eigenvalue weighted by atomic mass is 32.1. The van der Waals surface area contributed by atoms with E-state index in [-0.39, 0.29) is 18.6 Å². The third kappa shape index (κ3) is 3.64. The molecule has 2 aromatic rings. The van der Waals surface area contributed by atoms with Crippen LogP contribution >= 0.6 is 11.3 Å². The number of aliphatic hydroxyl groups excluding tert-OH is 2. The molecular weight excluding hydrogens is 328 g/mol. The van der Waals surface area contributed by atoms with Gasteiger partial charge in [-0.1, -0.05) is 30.3 Å². The first-order valence-corrected chi connectivity index (χ1v) is 8.65. The summed E-state index contributed by atoms with van der Waals surface area (Å²) in [5.74, 6) is -0.154. The molecule has 0 unspecified atom stereocenters. The van der Waals surface area contributed by atoms with Crippen molar-refractivity contribution in [2.75, 3.05) is 13.7 Å². The van der Waals surface area contributed by atoms with Crippen molar-refractivity contribution in [3.8, 4) is 0 Å². The second-order valence-electron chi connectivity index (χ2n) is 5.87. The smallest absolute Gasteiger partial charge is 0.273 e. The number of hydrogen-bond donors (Lipinski definition) is 2. The highest BCUT2D eigenvalue weighted by molar-refractivity contribution is 7.09. The van der Waals surface area contributed by atoms with Gasteiger partial charge in [0.1, 0.15) is 22.9 Å². The summed E-state index contributed by atoms with van der Waals surface area (Å²) in [6, 6.07) is 9.76. The summed E-state index contributed by atoms with van der Waals surface area (Å²) < 4.78 is 5.58. The summed E-state index contributed by atoms with van der Waals surface area (Å²) in [4.78, 5) is 18.5. The second-order valence-corrected chi connectivity index (χ2v) is 6.76. The predicted molar refractivity (Wildman–Crippen MR) is 89.7 cm³/mol. The van der Waals surface area contributed by atoms with Crippen LogP contribution in [0.1, 0.15) is 33.6 Å². The maximum Gasteiger partial charge on any atom is 0.273 e. The maximum absolute atomic E-state index is 12.5. The molecule has 7 heteroatoms. The number of ether oxygens (including phenoxy) is 1. The number of aliphatic hydroxyl groups is 2. The van der Waals surface area contributed by atoms with Crippen molar-refractivity contribution in [1.29, 1.82) is 0 Å². The van der Waals surface area contributed by atoms with E-state index in [9.17, 15) is 9.90 Å². The van der Waals surface area contributed by atoms with E-state index in [2.05, 4.69) is 4.98 Å². The average Bonchev–Trinajstić information content (AvgIpc) is 3.21. The summed E-state index contributed by atoms with van der Waals surface area (Å²) in [7, 11) is 1.74. The van der Waals surface area contributed by atoms with Crippen molar-refractivity contribution in [2.24, 2.45) is 0 Å². The number of benzene rings is 1. The van der Waals surface area contributed by atoms with E-state index in [1.54, 1.807) is 17.3 Å². The summed E-state index contributed by atoms with van der Waals surface area (Å²) in [6.45, 7) is 0.284. The summed E-state index contributed by atoms with van der Waals surface area (Å²) in [5, 5.41) is 21.3.